The lowest BCUT2D eigenvalue weighted by atomic mass is 10.1. The van der Waals surface area contributed by atoms with Gasteiger partial charge in [0.1, 0.15) is 5.01 Å². The number of carbonyl (C=O) groups is 1. The van der Waals surface area contributed by atoms with Gasteiger partial charge in [-0.2, -0.15) is 13.2 Å². The van der Waals surface area contributed by atoms with E-state index in [0.29, 0.717) is 10.6 Å². The Bertz CT molecular complexity index is 934. The van der Waals surface area contributed by atoms with Crippen LogP contribution < -0.4 is 0 Å². The van der Waals surface area contributed by atoms with E-state index >= 15 is 0 Å². The number of hydrogen-bond donors (Lipinski definition) is 0. The third kappa shape index (κ3) is 3.63. The molecule has 0 aromatic carbocycles. The molecule has 0 spiro atoms. The first-order valence-corrected chi connectivity index (χ1v) is 9.33. The molecule has 3 heterocycles. The zero-order chi connectivity index (χ0) is 18.9. The predicted molar refractivity (Wildman–Crippen MR) is 94.4 cm³/mol. The average molecular weight is 398 g/mol. The molecule has 3 aromatic rings. The zero-order valence-electron chi connectivity index (χ0n) is 13.8. The van der Waals surface area contributed by atoms with Gasteiger partial charge in [0.05, 0.1) is 22.7 Å². The smallest absolute Gasteiger partial charge is 0.434 e. The van der Waals surface area contributed by atoms with Crippen molar-refractivity contribution < 1.29 is 22.7 Å². The van der Waals surface area contributed by atoms with Crippen LogP contribution in [0.15, 0.2) is 29.0 Å². The van der Waals surface area contributed by atoms with Gasteiger partial charge in [-0.1, -0.05) is 6.07 Å². The number of ether oxygens (including phenoxy) is 1. The summed E-state index contributed by atoms with van der Waals surface area (Å²) in [7, 11) is 0. The van der Waals surface area contributed by atoms with Crippen LogP contribution in [0.4, 0.5) is 13.2 Å². The van der Waals surface area contributed by atoms with E-state index in [1.807, 2.05) is 22.9 Å². The summed E-state index contributed by atoms with van der Waals surface area (Å²) in [5.74, 6) is -1.05. The number of carbonyl (C=O) groups excluding carboxylic acids is 1. The van der Waals surface area contributed by atoms with Gasteiger partial charge >= 0.3 is 12.1 Å². The summed E-state index contributed by atoms with van der Waals surface area (Å²) < 4.78 is 44.6. The minimum Gasteiger partial charge on any atom is -0.462 e. The third-order valence-electron chi connectivity index (χ3n) is 3.49. The Hall–Kier alpha value is -2.26. The number of rotatable bonds is 4. The van der Waals surface area contributed by atoms with Gasteiger partial charge in [-0.3, -0.25) is 0 Å². The van der Waals surface area contributed by atoms with Crippen LogP contribution in [-0.4, -0.2) is 22.5 Å². The topological polar surface area (TPSA) is 52.1 Å². The van der Waals surface area contributed by atoms with Gasteiger partial charge in [0.25, 0.3) is 0 Å². The summed E-state index contributed by atoms with van der Waals surface area (Å²) in [6, 6.07) is 4.97. The maximum Gasteiger partial charge on any atom is 0.434 e. The highest BCUT2D eigenvalue weighted by molar-refractivity contribution is 7.15. The third-order valence-corrected chi connectivity index (χ3v) is 5.25. The molecule has 0 radical (unpaired) electrons. The number of aromatic nitrogens is 2. The lowest BCUT2D eigenvalue weighted by molar-refractivity contribution is -0.141. The number of esters is 1. The Balaban J connectivity index is 2.11. The highest BCUT2D eigenvalue weighted by atomic mass is 32.1. The molecule has 0 amide bonds. The molecule has 3 aromatic heterocycles. The van der Waals surface area contributed by atoms with Crippen LogP contribution in [0.1, 0.15) is 28.7 Å². The van der Waals surface area contributed by atoms with Gasteiger partial charge < -0.3 is 4.74 Å². The fraction of sp³-hybridized carbons (Fsp3) is 0.235. The maximum atomic E-state index is 13.3. The normalized spacial score (nSPS) is 11.6. The molecule has 0 saturated carbocycles. The van der Waals surface area contributed by atoms with E-state index < -0.39 is 23.4 Å². The van der Waals surface area contributed by atoms with Crippen LogP contribution in [0.5, 0.6) is 0 Å². The highest BCUT2D eigenvalue weighted by Crippen LogP contribution is 2.36. The molecule has 0 bridgehead atoms. The van der Waals surface area contributed by atoms with Crippen molar-refractivity contribution in [2.45, 2.75) is 20.0 Å². The summed E-state index contributed by atoms with van der Waals surface area (Å²) in [5, 5.41) is 4.23. The number of hydrogen-bond acceptors (Lipinski definition) is 6. The quantitative estimate of drug-likeness (QED) is 0.550. The molecule has 4 nitrogen and oxygen atoms in total. The Morgan fingerprint density at radius 3 is 2.65 bits per heavy atom. The molecule has 136 valence electrons. The number of aryl methyl sites for hydroxylation is 1. The maximum absolute atomic E-state index is 13.3. The molecule has 0 aliphatic heterocycles. The molecular weight excluding hydrogens is 385 g/mol. The van der Waals surface area contributed by atoms with E-state index in [1.165, 1.54) is 42.6 Å². The number of alkyl halides is 3. The van der Waals surface area contributed by atoms with Gasteiger partial charge in [0.2, 0.25) is 0 Å². The largest absolute Gasteiger partial charge is 0.462 e. The van der Waals surface area contributed by atoms with Crippen molar-refractivity contribution in [1.29, 1.82) is 0 Å². The molecule has 0 atom stereocenters. The van der Waals surface area contributed by atoms with E-state index in [2.05, 4.69) is 9.97 Å². The molecule has 0 fully saturated rings. The zero-order valence-corrected chi connectivity index (χ0v) is 15.4. The first-order chi connectivity index (χ1) is 12.3. The van der Waals surface area contributed by atoms with Crippen molar-refractivity contribution in [2.75, 3.05) is 6.61 Å². The van der Waals surface area contributed by atoms with E-state index in [9.17, 15) is 18.0 Å². The molecular formula is C17H13F3N2O2S2. The summed E-state index contributed by atoms with van der Waals surface area (Å²) >= 11 is 2.80. The summed E-state index contributed by atoms with van der Waals surface area (Å²) in [6.45, 7) is 2.96. The monoisotopic (exact) mass is 398 g/mol. The molecule has 9 heteroatoms. The second-order valence-electron chi connectivity index (χ2n) is 5.25. The first kappa shape index (κ1) is 18.5. The molecule has 0 N–H and O–H groups in total. The highest BCUT2D eigenvalue weighted by Gasteiger charge is 2.38. The Labute approximate surface area is 155 Å². The molecule has 0 saturated heterocycles. The van der Waals surface area contributed by atoms with Crippen molar-refractivity contribution in [3.8, 4) is 21.1 Å². The SMILES string of the molecule is CCOC(=O)c1cc(-c2nc(-c3cccs3)cs2)c(C)nc1C(F)(F)F. The summed E-state index contributed by atoms with van der Waals surface area (Å²) in [4.78, 5) is 21.1. The lowest BCUT2D eigenvalue weighted by Gasteiger charge is -2.14. The van der Waals surface area contributed by atoms with Crippen LogP contribution >= 0.6 is 22.7 Å². The standard InChI is InChI=1S/C17H13F3N2O2S2/c1-3-24-16(23)11-7-10(9(2)21-14(11)17(18,19)20)15-22-12(8-26-15)13-5-4-6-25-13/h4-8H,3H2,1-2H3. The summed E-state index contributed by atoms with van der Waals surface area (Å²) in [6.07, 6.45) is -4.75. The molecule has 0 aliphatic rings. The van der Waals surface area contributed by atoms with Gasteiger partial charge in [-0.25, -0.2) is 14.8 Å². The van der Waals surface area contributed by atoms with Crippen LogP contribution in [0, 0.1) is 6.92 Å². The number of halogens is 3. The predicted octanol–water partition coefficient (Wildman–Crippen LogP) is 5.44. The van der Waals surface area contributed by atoms with Crippen LogP contribution in [0.25, 0.3) is 21.1 Å². The van der Waals surface area contributed by atoms with Gasteiger partial charge in [-0.05, 0) is 31.4 Å². The fourth-order valence-electron chi connectivity index (χ4n) is 2.34. The second-order valence-corrected chi connectivity index (χ2v) is 7.06. The van der Waals surface area contributed by atoms with Gasteiger partial charge in [-0.15, -0.1) is 22.7 Å². The van der Waals surface area contributed by atoms with E-state index in [1.54, 1.807) is 0 Å². The van der Waals surface area contributed by atoms with Gasteiger partial charge in [0, 0.05) is 16.6 Å². The van der Waals surface area contributed by atoms with E-state index in [0.717, 1.165) is 10.6 Å². The number of thiophene rings is 1. The second kappa shape index (κ2) is 7.16. The molecule has 26 heavy (non-hydrogen) atoms. The molecule has 0 aliphatic carbocycles. The Kier molecular flexibility index (Phi) is 5.10. The van der Waals surface area contributed by atoms with Crippen molar-refractivity contribution in [3.63, 3.8) is 0 Å². The molecule has 0 unspecified atom stereocenters. The summed E-state index contributed by atoms with van der Waals surface area (Å²) in [5.41, 5.74) is -0.580. The number of pyridine rings is 1. The van der Waals surface area contributed by atoms with Crippen molar-refractivity contribution >= 4 is 28.6 Å². The fourth-order valence-corrected chi connectivity index (χ4v) is 3.99. The lowest BCUT2D eigenvalue weighted by Crippen LogP contribution is -2.18. The van der Waals surface area contributed by atoms with Crippen molar-refractivity contribution in [1.82, 2.24) is 9.97 Å². The Morgan fingerprint density at radius 2 is 2.04 bits per heavy atom. The van der Waals surface area contributed by atoms with Crippen LogP contribution in [0.2, 0.25) is 0 Å². The minimum atomic E-state index is -4.75. The first-order valence-electron chi connectivity index (χ1n) is 7.57. The van der Waals surface area contributed by atoms with Crippen molar-refractivity contribution in [2.24, 2.45) is 0 Å². The Morgan fingerprint density at radius 1 is 1.27 bits per heavy atom. The average Bonchev–Trinajstić information content (AvgIpc) is 3.25. The van der Waals surface area contributed by atoms with E-state index in [4.69, 9.17) is 4.74 Å². The molecule has 3 rings (SSSR count). The number of thiazole rings is 1. The van der Waals surface area contributed by atoms with Gasteiger partial charge in [0.15, 0.2) is 5.69 Å². The minimum absolute atomic E-state index is 0.0287. The van der Waals surface area contributed by atoms with E-state index in [-0.39, 0.29) is 12.3 Å². The van der Waals surface area contributed by atoms with Crippen LogP contribution in [-0.2, 0) is 10.9 Å². The van der Waals surface area contributed by atoms with Crippen LogP contribution in [0.3, 0.4) is 0 Å². The van der Waals surface area contributed by atoms with Crippen molar-refractivity contribution in [3.05, 3.63) is 45.9 Å². The number of nitrogens with zero attached hydrogens (tertiary/aromatic N) is 2.